The minimum Gasteiger partial charge on any atom is -0.492 e. The van der Waals surface area contributed by atoms with Crippen LogP contribution in [0.3, 0.4) is 0 Å². The van der Waals surface area contributed by atoms with Gasteiger partial charge in [-0.1, -0.05) is 25.1 Å². The lowest BCUT2D eigenvalue weighted by Crippen LogP contribution is -2.38. The summed E-state index contributed by atoms with van der Waals surface area (Å²) >= 11 is 0. The number of nitrogens with one attached hydrogen (secondary N) is 1. The maximum Gasteiger partial charge on any atom is 0.122 e. The summed E-state index contributed by atoms with van der Waals surface area (Å²) in [6.45, 7) is 6.90. The lowest BCUT2D eigenvalue weighted by Gasteiger charge is -2.26. The topological polar surface area (TPSA) is 39.1 Å². The summed E-state index contributed by atoms with van der Waals surface area (Å²) in [4.78, 5) is 0. The molecule has 2 heterocycles. The van der Waals surface area contributed by atoms with Crippen LogP contribution in [0, 0.1) is 6.92 Å². The number of benzene rings is 1. The highest BCUT2D eigenvalue weighted by atomic mass is 16.5. The van der Waals surface area contributed by atoms with Gasteiger partial charge in [-0.25, -0.2) is 0 Å². The molecule has 0 fully saturated rings. The van der Waals surface area contributed by atoms with Crippen molar-refractivity contribution in [1.82, 2.24) is 15.1 Å². The monoisotopic (exact) mass is 285 g/mol. The fourth-order valence-electron chi connectivity index (χ4n) is 2.81. The Kier molecular flexibility index (Phi) is 4.25. The third-order valence-corrected chi connectivity index (χ3v) is 4.10. The summed E-state index contributed by atoms with van der Waals surface area (Å²) in [5.41, 5.74) is 3.84. The van der Waals surface area contributed by atoms with Gasteiger partial charge in [0.1, 0.15) is 12.4 Å². The Morgan fingerprint density at radius 3 is 3.10 bits per heavy atom. The highest BCUT2D eigenvalue weighted by Gasteiger charge is 2.19. The average molecular weight is 285 g/mol. The van der Waals surface area contributed by atoms with Gasteiger partial charge in [-0.3, -0.25) is 4.68 Å². The van der Waals surface area contributed by atoms with Crippen LogP contribution in [0.5, 0.6) is 5.75 Å². The number of nitrogens with zero attached hydrogens (tertiary/aromatic N) is 2. The zero-order chi connectivity index (χ0) is 14.7. The van der Waals surface area contributed by atoms with Gasteiger partial charge in [-0.15, -0.1) is 0 Å². The highest BCUT2D eigenvalue weighted by molar-refractivity contribution is 5.35. The van der Waals surface area contributed by atoms with Crippen molar-refractivity contribution >= 4 is 0 Å². The molecule has 0 aliphatic carbocycles. The van der Waals surface area contributed by atoms with Crippen molar-refractivity contribution in [3.63, 3.8) is 0 Å². The molecule has 1 aromatic heterocycles. The molecule has 1 aromatic carbocycles. The molecular formula is C17H23N3O. The van der Waals surface area contributed by atoms with Gasteiger partial charge >= 0.3 is 0 Å². The van der Waals surface area contributed by atoms with Gasteiger partial charge in [0.05, 0.1) is 6.20 Å². The second kappa shape index (κ2) is 6.31. The van der Waals surface area contributed by atoms with Crippen LogP contribution in [0.25, 0.3) is 0 Å². The smallest absolute Gasteiger partial charge is 0.122 e. The summed E-state index contributed by atoms with van der Waals surface area (Å²) in [7, 11) is 0. The first-order valence-corrected chi connectivity index (χ1v) is 7.73. The first kappa shape index (κ1) is 14.1. The number of hydrogen-bond donors (Lipinski definition) is 1. The predicted molar refractivity (Wildman–Crippen MR) is 83.5 cm³/mol. The number of ether oxygens (including phenoxy) is 1. The Morgan fingerprint density at radius 1 is 1.38 bits per heavy atom. The lowest BCUT2D eigenvalue weighted by molar-refractivity contribution is 0.238. The van der Waals surface area contributed by atoms with E-state index >= 15 is 0 Å². The zero-order valence-corrected chi connectivity index (χ0v) is 12.8. The number of aryl methyl sites for hydroxylation is 1. The largest absolute Gasteiger partial charge is 0.492 e. The van der Waals surface area contributed by atoms with Crippen LogP contribution >= 0.6 is 0 Å². The standard InChI is InChI=1S/C17H23N3O/c1-3-8-20-13(2)15(11-19-20)10-18-16-9-14-6-4-5-7-17(14)21-12-16/h4-7,11,16,18H,3,8-10,12H2,1-2H3. The molecule has 4 heteroatoms. The molecule has 0 saturated carbocycles. The summed E-state index contributed by atoms with van der Waals surface area (Å²) in [5, 5.41) is 8.05. The summed E-state index contributed by atoms with van der Waals surface area (Å²) in [5.74, 6) is 1.03. The second-order valence-corrected chi connectivity index (χ2v) is 5.68. The molecule has 1 atom stereocenters. The van der Waals surface area contributed by atoms with Crippen molar-refractivity contribution in [2.45, 2.75) is 45.8 Å². The summed E-state index contributed by atoms with van der Waals surface area (Å²) in [6.07, 6.45) is 4.12. The van der Waals surface area contributed by atoms with Crippen molar-refractivity contribution in [1.29, 1.82) is 0 Å². The maximum absolute atomic E-state index is 5.82. The number of hydrogen-bond acceptors (Lipinski definition) is 3. The molecule has 21 heavy (non-hydrogen) atoms. The van der Waals surface area contributed by atoms with Crippen LogP contribution in [0.2, 0.25) is 0 Å². The van der Waals surface area contributed by atoms with Crippen molar-refractivity contribution in [2.24, 2.45) is 0 Å². The first-order chi connectivity index (χ1) is 10.3. The quantitative estimate of drug-likeness (QED) is 0.918. The lowest BCUT2D eigenvalue weighted by atomic mass is 10.0. The molecule has 2 aromatic rings. The molecule has 0 amide bonds. The molecule has 0 bridgehead atoms. The number of fused-ring (bicyclic) bond motifs is 1. The maximum atomic E-state index is 5.82. The van der Waals surface area contributed by atoms with Gasteiger partial charge in [0.15, 0.2) is 0 Å². The minimum absolute atomic E-state index is 0.369. The summed E-state index contributed by atoms with van der Waals surface area (Å²) < 4.78 is 7.90. The molecule has 1 unspecified atom stereocenters. The fraction of sp³-hybridized carbons (Fsp3) is 0.471. The minimum atomic E-state index is 0.369. The van der Waals surface area contributed by atoms with E-state index in [9.17, 15) is 0 Å². The van der Waals surface area contributed by atoms with Gasteiger partial charge in [0.25, 0.3) is 0 Å². The van der Waals surface area contributed by atoms with Gasteiger partial charge in [0.2, 0.25) is 0 Å². The zero-order valence-electron chi connectivity index (χ0n) is 12.8. The second-order valence-electron chi connectivity index (χ2n) is 5.68. The Hall–Kier alpha value is -1.81. The average Bonchev–Trinajstić information content (AvgIpc) is 2.86. The van der Waals surface area contributed by atoms with Gasteiger partial charge in [0, 0.05) is 30.4 Å². The summed E-state index contributed by atoms with van der Waals surface area (Å²) in [6, 6.07) is 8.66. The van der Waals surface area contributed by atoms with E-state index < -0.39 is 0 Å². The Balaban J connectivity index is 1.59. The van der Waals surface area contributed by atoms with E-state index in [1.165, 1.54) is 16.8 Å². The molecule has 1 N–H and O–H groups in total. The molecule has 0 radical (unpaired) electrons. The number of rotatable bonds is 5. The first-order valence-electron chi connectivity index (χ1n) is 7.73. The SMILES string of the molecule is CCCn1ncc(CNC2COc3ccccc3C2)c1C. The Morgan fingerprint density at radius 2 is 2.24 bits per heavy atom. The van der Waals surface area contributed by atoms with Crippen LogP contribution in [0.4, 0.5) is 0 Å². The van der Waals surface area contributed by atoms with Crippen molar-refractivity contribution < 1.29 is 4.74 Å². The highest BCUT2D eigenvalue weighted by Crippen LogP contribution is 2.24. The van der Waals surface area contributed by atoms with E-state index in [-0.39, 0.29) is 0 Å². The third-order valence-electron chi connectivity index (χ3n) is 4.10. The van der Waals surface area contributed by atoms with E-state index in [1.807, 2.05) is 18.3 Å². The van der Waals surface area contributed by atoms with Crippen LogP contribution in [-0.4, -0.2) is 22.4 Å². The normalized spacial score (nSPS) is 17.3. The predicted octanol–water partition coefficient (Wildman–Crippen LogP) is 2.69. The molecule has 1 aliphatic heterocycles. The van der Waals surface area contributed by atoms with E-state index in [0.29, 0.717) is 6.04 Å². The number of aromatic nitrogens is 2. The third kappa shape index (κ3) is 3.10. The van der Waals surface area contributed by atoms with Crippen LogP contribution in [-0.2, 0) is 19.5 Å². The molecule has 0 saturated heterocycles. The molecular weight excluding hydrogens is 262 g/mol. The van der Waals surface area contributed by atoms with Crippen molar-refractivity contribution in [2.75, 3.05) is 6.61 Å². The van der Waals surface area contributed by atoms with Crippen LogP contribution in [0.15, 0.2) is 30.5 Å². The van der Waals surface area contributed by atoms with Gasteiger partial charge in [-0.05, 0) is 31.4 Å². The van der Waals surface area contributed by atoms with Gasteiger partial charge < -0.3 is 10.1 Å². The molecule has 1 aliphatic rings. The van der Waals surface area contributed by atoms with Crippen molar-refractivity contribution in [3.05, 3.63) is 47.3 Å². The Bertz CT molecular complexity index is 606. The van der Waals surface area contributed by atoms with Crippen LogP contribution < -0.4 is 10.1 Å². The molecule has 0 spiro atoms. The van der Waals surface area contributed by atoms with Crippen molar-refractivity contribution in [3.8, 4) is 5.75 Å². The molecule has 3 rings (SSSR count). The molecule has 112 valence electrons. The van der Waals surface area contributed by atoms with E-state index in [4.69, 9.17) is 4.74 Å². The number of para-hydroxylation sites is 1. The van der Waals surface area contributed by atoms with Gasteiger partial charge in [-0.2, -0.15) is 5.10 Å². The van der Waals surface area contributed by atoms with E-state index in [2.05, 4.69) is 41.1 Å². The molecule has 4 nitrogen and oxygen atoms in total. The Labute approximate surface area is 126 Å². The van der Waals surface area contributed by atoms with E-state index in [1.54, 1.807) is 0 Å². The van der Waals surface area contributed by atoms with Crippen LogP contribution in [0.1, 0.15) is 30.2 Å². The fourth-order valence-corrected chi connectivity index (χ4v) is 2.81. The van der Waals surface area contributed by atoms with E-state index in [0.717, 1.165) is 38.3 Å².